The molecule has 15 heavy (non-hydrogen) atoms. The van der Waals surface area contributed by atoms with Crippen molar-refractivity contribution in [3.05, 3.63) is 10.6 Å². The fourth-order valence-corrected chi connectivity index (χ4v) is 3.48. The van der Waals surface area contributed by atoms with Crippen LogP contribution in [0.4, 0.5) is 0 Å². The third-order valence-electron chi connectivity index (χ3n) is 2.89. The average Bonchev–Trinajstić information content (AvgIpc) is 2.44. The van der Waals surface area contributed by atoms with E-state index in [1.54, 1.807) is 0 Å². The smallest absolute Gasteiger partial charge is 0.232 e. The molecule has 0 saturated carbocycles. The third kappa shape index (κ3) is 1.96. The molecule has 0 radical (unpaired) electrons. The second kappa shape index (κ2) is 3.88. The Hall–Kier alpha value is -0.390. The van der Waals surface area contributed by atoms with Gasteiger partial charge in [0, 0.05) is 5.92 Å². The van der Waals surface area contributed by atoms with Gasteiger partial charge < -0.3 is 4.90 Å². The molecule has 1 saturated heterocycles. The zero-order valence-corrected chi connectivity index (χ0v) is 10.1. The van der Waals surface area contributed by atoms with Gasteiger partial charge in [-0.1, -0.05) is 11.6 Å². The van der Waals surface area contributed by atoms with Crippen LogP contribution in [0.5, 0.6) is 0 Å². The first kappa shape index (κ1) is 11.1. The Bertz CT molecular complexity index is 419. The summed E-state index contributed by atoms with van der Waals surface area (Å²) in [5, 5.41) is 0.264. The van der Waals surface area contributed by atoms with Gasteiger partial charge in [-0.2, -0.15) is 0 Å². The number of halogens is 1. The maximum atomic E-state index is 11.7. The molecule has 0 spiro atoms. The van der Waals surface area contributed by atoms with E-state index in [2.05, 4.69) is 9.89 Å². The molecule has 2 aliphatic rings. The van der Waals surface area contributed by atoms with Crippen LogP contribution in [-0.2, 0) is 9.84 Å². The van der Waals surface area contributed by atoms with Crippen LogP contribution in [0, 0.1) is 5.92 Å². The van der Waals surface area contributed by atoms with E-state index in [1.807, 2.05) is 7.05 Å². The van der Waals surface area contributed by atoms with Crippen molar-refractivity contribution in [1.29, 1.82) is 0 Å². The third-order valence-corrected chi connectivity index (χ3v) is 5.21. The second-order valence-electron chi connectivity index (χ2n) is 3.98. The highest BCUT2D eigenvalue weighted by Gasteiger charge is 2.35. The molecule has 6 heteroatoms. The predicted octanol–water partition coefficient (Wildman–Crippen LogP) is 1.19. The Morgan fingerprint density at radius 1 is 1.47 bits per heavy atom. The van der Waals surface area contributed by atoms with Crippen molar-refractivity contribution in [2.75, 3.05) is 20.1 Å². The first-order valence-corrected chi connectivity index (χ1v) is 6.75. The number of sulfone groups is 1. The quantitative estimate of drug-likeness (QED) is 0.701. The standard InChI is InChI=1S/C9H13ClN2O2S/c1-12-4-2-7(3-5-12)9-11-6-8(10)15(9,13)14/h6-7H,2-5H2,1H3. The maximum absolute atomic E-state index is 11.7. The van der Waals surface area contributed by atoms with Crippen molar-refractivity contribution in [2.24, 2.45) is 10.9 Å². The van der Waals surface area contributed by atoms with Crippen molar-refractivity contribution in [3.63, 3.8) is 0 Å². The lowest BCUT2D eigenvalue weighted by atomic mass is 9.98. The summed E-state index contributed by atoms with van der Waals surface area (Å²) >= 11 is 5.59. The topological polar surface area (TPSA) is 49.7 Å². The lowest BCUT2D eigenvalue weighted by Crippen LogP contribution is -2.35. The minimum absolute atomic E-state index is 0.0405. The molecule has 84 valence electrons. The summed E-state index contributed by atoms with van der Waals surface area (Å²) in [7, 11) is -1.39. The first-order chi connectivity index (χ1) is 7.01. The summed E-state index contributed by atoms with van der Waals surface area (Å²) in [4.78, 5) is 6.12. The van der Waals surface area contributed by atoms with Gasteiger partial charge in [0.1, 0.15) is 5.04 Å². The van der Waals surface area contributed by atoms with Crippen LogP contribution in [0.1, 0.15) is 12.8 Å². The number of piperidine rings is 1. The van der Waals surface area contributed by atoms with Crippen molar-refractivity contribution < 1.29 is 8.42 Å². The van der Waals surface area contributed by atoms with Gasteiger partial charge in [0.25, 0.3) is 0 Å². The molecule has 4 nitrogen and oxygen atoms in total. The fourth-order valence-electron chi connectivity index (χ4n) is 1.93. The number of likely N-dealkylation sites (tertiary alicyclic amines) is 1. The summed E-state index contributed by atoms with van der Waals surface area (Å²) < 4.78 is 23.3. The fraction of sp³-hybridized carbons (Fsp3) is 0.667. The molecule has 0 aromatic heterocycles. The Morgan fingerprint density at radius 3 is 2.53 bits per heavy atom. The van der Waals surface area contributed by atoms with Gasteiger partial charge in [0.2, 0.25) is 9.84 Å². The van der Waals surface area contributed by atoms with E-state index in [9.17, 15) is 8.42 Å². The predicted molar refractivity (Wildman–Crippen MR) is 60.5 cm³/mol. The molecule has 0 bridgehead atoms. The minimum Gasteiger partial charge on any atom is -0.306 e. The SMILES string of the molecule is CN1CCC(C2=NC=C(Cl)S2(=O)=O)CC1. The van der Waals surface area contributed by atoms with E-state index in [1.165, 1.54) is 6.20 Å². The molecule has 0 aliphatic carbocycles. The highest BCUT2D eigenvalue weighted by atomic mass is 35.5. The molecule has 2 heterocycles. The molecule has 0 N–H and O–H groups in total. The summed E-state index contributed by atoms with van der Waals surface area (Å²) in [6, 6.07) is 0. The normalized spacial score (nSPS) is 27.6. The van der Waals surface area contributed by atoms with Crippen molar-refractivity contribution in [2.45, 2.75) is 12.8 Å². The summed E-state index contributed by atoms with van der Waals surface area (Å²) in [6.07, 6.45) is 2.92. The molecule has 2 aliphatic heterocycles. The van der Waals surface area contributed by atoms with E-state index >= 15 is 0 Å². The Morgan fingerprint density at radius 2 is 2.07 bits per heavy atom. The van der Waals surface area contributed by atoms with Gasteiger partial charge in [0.15, 0.2) is 4.36 Å². The molecule has 2 rings (SSSR count). The molecule has 0 aromatic rings. The average molecular weight is 249 g/mol. The number of nitrogens with zero attached hydrogens (tertiary/aromatic N) is 2. The van der Waals surface area contributed by atoms with E-state index in [0.29, 0.717) is 0 Å². The van der Waals surface area contributed by atoms with Crippen LogP contribution in [0.15, 0.2) is 15.6 Å². The Balaban J connectivity index is 2.15. The van der Waals surface area contributed by atoms with Crippen LogP contribution in [0.2, 0.25) is 0 Å². The van der Waals surface area contributed by atoms with Gasteiger partial charge in [-0.15, -0.1) is 0 Å². The second-order valence-corrected chi connectivity index (χ2v) is 6.48. The molecule has 0 atom stereocenters. The number of aliphatic imine (C=N–C) groups is 1. The molecule has 0 unspecified atom stereocenters. The van der Waals surface area contributed by atoms with E-state index in [-0.39, 0.29) is 15.3 Å². The highest BCUT2D eigenvalue weighted by molar-refractivity contribution is 8.11. The van der Waals surface area contributed by atoms with Gasteiger partial charge in [-0.25, -0.2) is 13.4 Å². The van der Waals surface area contributed by atoms with Crippen LogP contribution < -0.4 is 0 Å². The molecule has 0 aromatic carbocycles. The number of hydrogen-bond acceptors (Lipinski definition) is 4. The van der Waals surface area contributed by atoms with Crippen molar-refractivity contribution >= 4 is 26.5 Å². The number of hydrogen-bond donors (Lipinski definition) is 0. The van der Waals surface area contributed by atoms with Crippen LogP contribution in [-0.4, -0.2) is 38.5 Å². The molecular formula is C9H13ClN2O2S. The lowest BCUT2D eigenvalue weighted by Gasteiger charge is -2.28. The monoisotopic (exact) mass is 248 g/mol. The molecule has 0 amide bonds. The largest absolute Gasteiger partial charge is 0.306 e. The van der Waals surface area contributed by atoms with E-state index in [4.69, 9.17) is 11.6 Å². The zero-order valence-electron chi connectivity index (χ0n) is 8.48. The van der Waals surface area contributed by atoms with E-state index < -0.39 is 9.84 Å². The van der Waals surface area contributed by atoms with Gasteiger partial charge in [0.05, 0.1) is 6.20 Å². The van der Waals surface area contributed by atoms with Gasteiger partial charge in [-0.05, 0) is 33.0 Å². The van der Waals surface area contributed by atoms with Gasteiger partial charge >= 0.3 is 0 Å². The minimum atomic E-state index is -3.42. The summed E-state index contributed by atoms with van der Waals surface area (Å²) in [5.74, 6) is 0.0405. The first-order valence-electron chi connectivity index (χ1n) is 4.89. The van der Waals surface area contributed by atoms with E-state index in [0.717, 1.165) is 25.9 Å². The summed E-state index contributed by atoms with van der Waals surface area (Å²) in [5.41, 5.74) is 0. The van der Waals surface area contributed by atoms with Crippen molar-refractivity contribution in [1.82, 2.24) is 4.90 Å². The van der Waals surface area contributed by atoms with Crippen LogP contribution in [0.3, 0.4) is 0 Å². The molecule has 1 fully saturated rings. The van der Waals surface area contributed by atoms with Gasteiger partial charge in [-0.3, -0.25) is 0 Å². The highest BCUT2D eigenvalue weighted by Crippen LogP contribution is 2.29. The number of rotatable bonds is 1. The molecular weight excluding hydrogens is 236 g/mol. The van der Waals surface area contributed by atoms with Crippen molar-refractivity contribution in [3.8, 4) is 0 Å². The summed E-state index contributed by atoms with van der Waals surface area (Å²) in [6.45, 7) is 1.83. The Kier molecular flexibility index (Phi) is 2.87. The van der Waals surface area contributed by atoms with Crippen LogP contribution in [0.25, 0.3) is 0 Å². The lowest BCUT2D eigenvalue weighted by molar-refractivity contribution is 0.253. The zero-order chi connectivity index (χ0) is 11.1. The Labute approximate surface area is 94.5 Å². The van der Waals surface area contributed by atoms with Crippen LogP contribution >= 0.6 is 11.6 Å². The maximum Gasteiger partial charge on any atom is 0.232 e.